The number of rotatable bonds is 7. The smallest absolute Gasteiger partial charge is 0.0950 e. The van der Waals surface area contributed by atoms with Crippen LogP contribution in [0, 0.1) is 5.92 Å². The molecule has 0 unspecified atom stereocenters. The van der Waals surface area contributed by atoms with Crippen molar-refractivity contribution in [1.29, 1.82) is 0 Å². The Morgan fingerprint density at radius 2 is 2.28 bits per heavy atom. The molecule has 1 fully saturated rings. The Hall–Kier alpha value is -0.870. The van der Waals surface area contributed by atoms with E-state index in [-0.39, 0.29) is 5.60 Å². The number of nitrogens with zero attached hydrogens (tertiary/aromatic N) is 2. The average molecular weight is 251 g/mol. The highest BCUT2D eigenvalue weighted by Crippen LogP contribution is 2.36. The molecule has 1 aromatic heterocycles. The molecule has 1 saturated carbocycles. The van der Waals surface area contributed by atoms with E-state index in [1.165, 1.54) is 19.3 Å². The van der Waals surface area contributed by atoms with Gasteiger partial charge in [0.2, 0.25) is 0 Å². The lowest BCUT2D eigenvalue weighted by Crippen LogP contribution is -2.42. The normalized spacial score (nSPS) is 18.0. The maximum Gasteiger partial charge on any atom is 0.0950 e. The van der Waals surface area contributed by atoms with Crippen LogP contribution in [0.2, 0.25) is 0 Å². The highest BCUT2D eigenvalue weighted by atomic mass is 16.5. The topological polar surface area (TPSA) is 39.1 Å². The number of ether oxygens (including phenoxy) is 1. The molecule has 1 aromatic rings. The zero-order valence-electron chi connectivity index (χ0n) is 11.8. The summed E-state index contributed by atoms with van der Waals surface area (Å²) < 4.78 is 7.80. The van der Waals surface area contributed by atoms with Crippen LogP contribution in [0.25, 0.3) is 0 Å². The number of methoxy groups -OCH3 is 1. The van der Waals surface area contributed by atoms with Crippen LogP contribution < -0.4 is 5.32 Å². The summed E-state index contributed by atoms with van der Waals surface area (Å²) in [6.07, 6.45) is 7.68. The van der Waals surface area contributed by atoms with Gasteiger partial charge in [0, 0.05) is 19.9 Å². The quantitative estimate of drug-likeness (QED) is 0.807. The van der Waals surface area contributed by atoms with Crippen molar-refractivity contribution < 1.29 is 4.74 Å². The molecular formula is C14H25N3O. The van der Waals surface area contributed by atoms with E-state index < -0.39 is 0 Å². The van der Waals surface area contributed by atoms with Crippen molar-refractivity contribution in [1.82, 2.24) is 14.9 Å². The van der Waals surface area contributed by atoms with Crippen LogP contribution in [0.1, 0.15) is 38.8 Å². The van der Waals surface area contributed by atoms with E-state index >= 15 is 0 Å². The molecule has 0 radical (unpaired) electrons. The van der Waals surface area contributed by atoms with Gasteiger partial charge in [-0.05, 0) is 31.7 Å². The lowest BCUT2D eigenvalue weighted by molar-refractivity contribution is -0.0835. The van der Waals surface area contributed by atoms with Crippen LogP contribution in [0.3, 0.4) is 0 Å². The minimum absolute atomic E-state index is 0.0727. The molecular weight excluding hydrogens is 226 g/mol. The second kappa shape index (κ2) is 5.85. The van der Waals surface area contributed by atoms with Crippen LogP contribution in [0.5, 0.6) is 0 Å². The van der Waals surface area contributed by atoms with E-state index in [2.05, 4.69) is 34.9 Å². The van der Waals surface area contributed by atoms with Gasteiger partial charge in [0.05, 0.1) is 24.2 Å². The van der Waals surface area contributed by atoms with Crippen LogP contribution in [0.4, 0.5) is 0 Å². The van der Waals surface area contributed by atoms with Crippen LogP contribution in [-0.2, 0) is 17.8 Å². The molecule has 0 amide bonds. The van der Waals surface area contributed by atoms with E-state index in [1.807, 2.05) is 13.4 Å². The lowest BCUT2D eigenvalue weighted by Gasteiger charge is -2.40. The predicted molar refractivity (Wildman–Crippen MR) is 72.4 cm³/mol. The highest BCUT2D eigenvalue weighted by molar-refractivity contribution is 4.99. The van der Waals surface area contributed by atoms with Gasteiger partial charge in [-0.2, -0.15) is 0 Å². The Balaban J connectivity index is 1.82. The minimum Gasteiger partial charge on any atom is -0.376 e. The van der Waals surface area contributed by atoms with Gasteiger partial charge >= 0.3 is 0 Å². The first kappa shape index (κ1) is 13.6. The maximum absolute atomic E-state index is 5.64. The molecule has 1 aliphatic carbocycles. The molecule has 1 N–H and O–H groups in total. The van der Waals surface area contributed by atoms with Crippen molar-refractivity contribution in [2.75, 3.05) is 13.7 Å². The van der Waals surface area contributed by atoms with Crippen molar-refractivity contribution in [3.8, 4) is 0 Å². The van der Waals surface area contributed by atoms with Gasteiger partial charge in [0.25, 0.3) is 0 Å². The van der Waals surface area contributed by atoms with Crippen molar-refractivity contribution >= 4 is 0 Å². The molecule has 4 nitrogen and oxygen atoms in total. The van der Waals surface area contributed by atoms with E-state index in [9.17, 15) is 0 Å². The van der Waals surface area contributed by atoms with Gasteiger partial charge < -0.3 is 14.6 Å². The van der Waals surface area contributed by atoms with Crippen LogP contribution in [0.15, 0.2) is 12.5 Å². The summed E-state index contributed by atoms with van der Waals surface area (Å²) >= 11 is 0. The number of hydrogen-bond acceptors (Lipinski definition) is 3. The third-order valence-corrected chi connectivity index (χ3v) is 3.71. The Bertz CT molecular complexity index is 363. The van der Waals surface area contributed by atoms with Gasteiger partial charge in [0.1, 0.15) is 0 Å². The summed E-state index contributed by atoms with van der Waals surface area (Å²) in [4.78, 5) is 4.43. The van der Waals surface area contributed by atoms with Gasteiger partial charge in [-0.1, -0.05) is 13.8 Å². The van der Waals surface area contributed by atoms with Gasteiger partial charge in [-0.25, -0.2) is 4.98 Å². The minimum atomic E-state index is 0.0727. The highest BCUT2D eigenvalue weighted by Gasteiger charge is 2.37. The lowest BCUT2D eigenvalue weighted by atomic mass is 9.80. The van der Waals surface area contributed by atoms with Crippen molar-refractivity contribution in [3.63, 3.8) is 0 Å². The molecule has 1 heterocycles. The molecule has 4 heteroatoms. The molecule has 18 heavy (non-hydrogen) atoms. The second-order valence-corrected chi connectivity index (χ2v) is 5.80. The Morgan fingerprint density at radius 1 is 1.50 bits per heavy atom. The van der Waals surface area contributed by atoms with E-state index in [4.69, 9.17) is 4.74 Å². The molecule has 1 aliphatic rings. The van der Waals surface area contributed by atoms with Crippen molar-refractivity contribution in [2.24, 2.45) is 5.92 Å². The first-order valence-electron chi connectivity index (χ1n) is 6.90. The van der Waals surface area contributed by atoms with E-state index in [0.29, 0.717) is 5.92 Å². The fraction of sp³-hybridized carbons (Fsp3) is 0.786. The van der Waals surface area contributed by atoms with Crippen LogP contribution in [-0.4, -0.2) is 28.8 Å². The molecule has 0 aliphatic heterocycles. The Labute approximate surface area is 110 Å². The molecule has 0 atom stereocenters. The zero-order chi connectivity index (χ0) is 13.0. The fourth-order valence-corrected chi connectivity index (χ4v) is 2.40. The summed E-state index contributed by atoms with van der Waals surface area (Å²) in [6, 6.07) is 0. The SMILES string of the molecule is COC1(Cn2cnc(CNCC(C)C)c2)CCC1. The van der Waals surface area contributed by atoms with Gasteiger partial charge in [0.15, 0.2) is 0 Å². The Kier molecular flexibility index (Phi) is 4.40. The number of hydrogen-bond donors (Lipinski definition) is 1. The van der Waals surface area contributed by atoms with Gasteiger partial charge in [-0.3, -0.25) is 0 Å². The van der Waals surface area contributed by atoms with E-state index in [0.717, 1.165) is 25.3 Å². The molecule has 0 aromatic carbocycles. The number of imidazole rings is 1. The third kappa shape index (κ3) is 3.33. The summed E-state index contributed by atoms with van der Waals surface area (Å²) in [7, 11) is 1.82. The van der Waals surface area contributed by atoms with Gasteiger partial charge in [-0.15, -0.1) is 0 Å². The number of nitrogens with one attached hydrogen (secondary N) is 1. The van der Waals surface area contributed by atoms with Crippen molar-refractivity contribution in [3.05, 3.63) is 18.2 Å². The maximum atomic E-state index is 5.64. The first-order chi connectivity index (χ1) is 8.63. The summed E-state index contributed by atoms with van der Waals surface area (Å²) in [6.45, 7) is 7.25. The molecule has 0 spiro atoms. The largest absolute Gasteiger partial charge is 0.376 e. The van der Waals surface area contributed by atoms with E-state index in [1.54, 1.807) is 0 Å². The second-order valence-electron chi connectivity index (χ2n) is 5.80. The average Bonchev–Trinajstić information content (AvgIpc) is 2.71. The summed E-state index contributed by atoms with van der Waals surface area (Å²) in [5.41, 5.74) is 1.18. The van der Waals surface area contributed by atoms with Crippen LogP contribution >= 0.6 is 0 Å². The fourth-order valence-electron chi connectivity index (χ4n) is 2.40. The standard InChI is InChI=1S/C14H25N3O/c1-12(2)7-15-8-13-9-17(11-16-13)10-14(18-3)5-4-6-14/h9,11-12,15H,4-8,10H2,1-3H3. The first-order valence-corrected chi connectivity index (χ1v) is 6.90. The zero-order valence-corrected chi connectivity index (χ0v) is 11.8. The molecule has 102 valence electrons. The predicted octanol–water partition coefficient (Wildman–Crippen LogP) is 2.20. The molecule has 0 saturated heterocycles. The third-order valence-electron chi connectivity index (χ3n) is 3.71. The molecule has 0 bridgehead atoms. The summed E-state index contributed by atoms with van der Waals surface area (Å²) in [5.74, 6) is 0.679. The Morgan fingerprint density at radius 3 is 2.83 bits per heavy atom. The monoisotopic (exact) mass is 251 g/mol. The number of aromatic nitrogens is 2. The molecule has 2 rings (SSSR count). The summed E-state index contributed by atoms with van der Waals surface area (Å²) in [5, 5.41) is 3.41. The van der Waals surface area contributed by atoms with Crippen molar-refractivity contribution in [2.45, 2.75) is 51.8 Å².